The van der Waals surface area contributed by atoms with Gasteiger partial charge in [0.1, 0.15) is 5.82 Å². The average Bonchev–Trinajstić information content (AvgIpc) is 2.61. The smallest absolute Gasteiger partial charge is 0.338 e. The number of carbonyl (C=O) groups excluding carboxylic acids is 2. The molecule has 0 atom stereocenters. The predicted molar refractivity (Wildman–Crippen MR) is 96.7 cm³/mol. The molecule has 1 amide bonds. The fourth-order valence-electron chi connectivity index (χ4n) is 1.99. The van der Waals surface area contributed by atoms with Gasteiger partial charge in [-0.05, 0) is 49.7 Å². The van der Waals surface area contributed by atoms with E-state index in [-0.39, 0.29) is 11.1 Å². The van der Waals surface area contributed by atoms with Crippen LogP contribution in [0.5, 0.6) is 0 Å². The zero-order valence-corrected chi connectivity index (χ0v) is 15.2. The summed E-state index contributed by atoms with van der Waals surface area (Å²) in [7, 11) is 0. The van der Waals surface area contributed by atoms with Gasteiger partial charge in [-0.15, -0.1) is 0 Å². The van der Waals surface area contributed by atoms with Crippen LogP contribution in [-0.4, -0.2) is 24.6 Å². The van der Waals surface area contributed by atoms with Crippen molar-refractivity contribution in [3.63, 3.8) is 0 Å². The molecule has 2 rings (SSSR count). The van der Waals surface area contributed by atoms with E-state index in [9.17, 15) is 14.0 Å². The van der Waals surface area contributed by atoms with Crippen molar-refractivity contribution in [2.45, 2.75) is 26.6 Å². The molecular weight excluding hydrogens is 361 g/mol. The molecule has 7 heteroatoms. The summed E-state index contributed by atoms with van der Waals surface area (Å²) in [5.74, 6) is -1.75. The second-order valence-electron chi connectivity index (χ2n) is 5.81. The molecule has 0 saturated heterocycles. The molecule has 5 nitrogen and oxygen atoms in total. The number of rotatable bonds is 7. The van der Waals surface area contributed by atoms with Crippen molar-refractivity contribution in [3.8, 4) is 0 Å². The van der Waals surface area contributed by atoms with Gasteiger partial charge in [0.2, 0.25) is 0 Å². The van der Waals surface area contributed by atoms with Crippen LogP contribution in [0.15, 0.2) is 42.5 Å². The van der Waals surface area contributed by atoms with Crippen molar-refractivity contribution in [2.24, 2.45) is 0 Å². The van der Waals surface area contributed by atoms with E-state index in [1.165, 1.54) is 12.1 Å². The number of hydrogen-bond acceptors (Lipinski definition) is 4. The standard InChI is InChI=1S/C19H19ClFNO4/c1-12(2)25-10-13-3-5-14(6-4-13)19(24)26-11-18(23)22-15-7-8-17(21)16(20)9-15/h3-9,12H,10-11H2,1-2H3,(H,22,23). The minimum Gasteiger partial charge on any atom is -0.452 e. The van der Waals surface area contributed by atoms with Gasteiger partial charge < -0.3 is 14.8 Å². The van der Waals surface area contributed by atoms with E-state index in [1.807, 2.05) is 13.8 Å². The number of halogens is 2. The summed E-state index contributed by atoms with van der Waals surface area (Å²) in [4.78, 5) is 23.8. The molecule has 0 bridgehead atoms. The molecule has 0 aliphatic carbocycles. The van der Waals surface area contributed by atoms with Crippen molar-refractivity contribution < 1.29 is 23.5 Å². The first-order valence-corrected chi connectivity index (χ1v) is 8.35. The lowest BCUT2D eigenvalue weighted by molar-refractivity contribution is -0.119. The number of carbonyl (C=O) groups is 2. The van der Waals surface area contributed by atoms with Crippen LogP contribution in [0.4, 0.5) is 10.1 Å². The largest absolute Gasteiger partial charge is 0.452 e. The highest BCUT2D eigenvalue weighted by Crippen LogP contribution is 2.19. The first-order valence-electron chi connectivity index (χ1n) is 7.97. The third-order valence-corrected chi connectivity index (χ3v) is 3.60. The van der Waals surface area contributed by atoms with Crippen LogP contribution in [0.3, 0.4) is 0 Å². The molecule has 2 aromatic carbocycles. The van der Waals surface area contributed by atoms with Crippen molar-refractivity contribution in [2.75, 3.05) is 11.9 Å². The van der Waals surface area contributed by atoms with Gasteiger partial charge in [0, 0.05) is 5.69 Å². The Balaban J connectivity index is 1.83. The maximum Gasteiger partial charge on any atom is 0.338 e. The molecule has 0 aliphatic rings. The number of amides is 1. The summed E-state index contributed by atoms with van der Waals surface area (Å²) in [6.07, 6.45) is 0.120. The topological polar surface area (TPSA) is 64.6 Å². The summed E-state index contributed by atoms with van der Waals surface area (Å²) in [5, 5.41) is 2.36. The van der Waals surface area contributed by atoms with Gasteiger partial charge in [0.25, 0.3) is 5.91 Å². The number of ether oxygens (including phenoxy) is 2. The van der Waals surface area contributed by atoms with Crippen LogP contribution in [0.1, 0.15) is 29.8 Å². The van der Waals surface area contributed by atoms with Gasteiger partial charge in [0.05, 0.1) is 23.3 Å². The number of anilines is 1. The highest BCUT2D eigenvalue weighted by molar-refractivity contribution is 6.31. The summed E-state index contributed by atoms with van der Waals surface area (Å²) >= 11 is 5.64. The Labute approximate surface area is 156 Å². The van der Waals surface area contributed by atoms with Crippen LogP contribution in [0.2, 0.25) is 5.02 Å². The number of hydrogen-bond donors (Lipinski definition) is 1. The van der Waals surface area contributed by atoms with E-state index >= 15 is 0 Å². The van der Waals surface area contributed by atoms with Crippen molar-refractivity contribution in [1.29, 1.82) is 0 Å². The molecule has 0 fully saturated rings. The Morgan fingerprint density at radius 2 is 1.85 bits per heavy atom. The number of benzene rings is 2. The zero-order valence-electron chi connectivity index (χ0n) is 14.4. The number of esters is 1. The Morgan fingerprint density at radius 1 is 1.15 bits per heavy atom. The second-order valence-corrected chi connectivity index (χ2v) is 6.22. The van der Waals surface area contributed by atoms with Gasteiger partial charge in [-0.1, -0.05) is 23.7 Å². The number of nitrogens with one attached hydrogen (secondary N) is 1. The maximum atomic E-state index is 13.1. The minimum atomic E-state index is -0.617. The second kappa shape index (κ2) is 9.31. The Hall–Kier alpha value is -2.44. The van der Waals surface area contributed by atoms with Crippen LogP contribution in [0.25, 0.3) is 0 Å². The highest BCUT2D eigenvalue weighted by atomic mass is 35.5. The van der Waals surface area contributed by atoms with E-state index in [2.05, 4.69) is 5.32 Å². The molecule has 0 heterocycles. The summed E-state index contributed by atoms with van der Waals surface area (Å²) < 4.78 is 23.5. The van der Waals surface area contributed by atoms with E-state index in [0.717, 1.165) is 11.6 Å². The fourth-order valence-corrected chi connectivity index (χ4v) is 2.17. The molecule has 0 aromatic heterocycles. The fraction of sp³-hybridized carbons (Fsp3) is 0.263. The molecule has 0 unspecified atom stereocenters. The van der Waals surface area contributed by atoms with Gasteiger partial charge in [-0.3, -0.25) is 4.79 Å². The quantitative estimate of drug-likeness (QED) is 0.732. The van der Waals surface area contributed by atoms with Crippen LogP contribution in [-0.2, 0) is 20.9 Å². The molecule has 138 valence electrons. The van der Waals surface area contributed by atoms with E-state index in [0.29, 0.717) is 17.9 Å². The average molecular weight is 380 g/mol. The molecule has 0 aliphatic heterocycles. The van der Waals surface area contributed by atoms with Crippen LogP contribution >= 0.6 is 11.6 Å². The van der Waals surface area contributed by atoms with E-state index in [1.54, 1.807) is 24.3 Å². The first-order chi connectivity index (χ1) is 12.3. The third-order valence-electron chi connectivity index (χ3n) is 3.31. The third kappa shape index (κ3) is 6.13. The lowest BCUT2D eigenvalue weighted by Crippen LogP contribution is -2.21. The normalized spacial score (nSPS) is 10.7. The van der Waals surface area contributed by atoms with Gasteiger partial charge in [-0.25, -0.2) is 9.18 Å². The highest BCUT2D eigenvalue weighted by Gasteiger charge is 2.11. The molecule has 1 N–H and O–H groups in total. The molecule has 0 radical (unpaired) electrons. The SMILES string of the molecule is CC(C)OCc1ccc(C(=O)OCC(=O)Nc2ccc(F)c(Cl)c2)cc1. The van der Waals surface area contributed by atoms with Gasteiger partial charge >= 0.3 is 5.97 Å². The predicted octanol–water partition coefficient (Wildman–Crippen LogP) is 4.20. The lowest BCUT2D eigenvalue weighted by atomic mass is 10.1. The van der Waals surface area contributed by atoms with Gasteiger partial charge in [0.15, 0.2) is 6.61 Å². The Kier molecular flexibility index (Phi) is 7.12. The Bertz CT molecular complexity index is 778. The van der Waals surface area contributed by atoms with E-state index < -0.39 is 24.3 Å². The molecule has 0 spiro atoms. The van der Waals surface area contributed by atoms with E-state index in [4.69, 9.17) is 21.1 Å². The first kappa shape index (κ1) is 19.9. The molecule has 26 heavy (non-hydrogen) atoms. The molecular formula is C19H19ClFNO4. The minimum absolute atomic E-state index is 0.110. The summed E-state index contributed by atoms with van der Waals surface area (Å²) in [6.45, 7) is 3.87. The van der Waals surface area contributed by atoms with Gasteiger partial charge in [-0.2, -0.15) is 0 Å². The zero-order chi connectivity index (χ0) is 19.1. The summed E-state index contributed by atoms with van der Waals surface area (Å²) in [6, 6.07) is 10.5. The van der Waals surface area contributed by atoms with Crippen LogP contribution < -0.4 is 5.32 Å². The van der Waals surface area contributed by atoms with Crippen molar-refractivity contribution >= 4 is 29.2 Å². The summed E-state index contributed by atoms with van der Waals surface area (Å²) in [5.41, 5.74) is 1.57. The monoisotopic (exact) mass is 379 g/mol. The van der Waals surface area contributed by atoms with Crippen molar-refractivity contribution in [1.82, 2.24) is 0 Å². The van der Waals surface area contributed by atoms with Crippen molar-refractivity contribution in [3.05, 3.63) is 64.4 Å². The molecule has 0 saturated carbocycles. The molecule has 2 aromatic rings. The van der Waals surface area contributed by atoms with Crippen LogP contribution in [0, 0.1) is 5.82 Å². The Morgan fingerprint density at radius 3 is 2.46 bits per heavy atom. The maximum absolute atomic E-state index is 13.1. The lowest BCUT2D eigenvalue weighted by Gasteiger charge is -2.09.